The van der Waals surface area contributed by atoms with Gasteiger partial charge in [-0.15, -0.1) is 0 Å². The fraction of sp³-hybridized carbons (Fsp3) is 0.273. The Labute approximate surface area is 177 Å². The summed E-state index contributed by atoms with van der Waals surface area (Å²) in [6.45, 7) is 3.69. The van der Waals surface area contributed by atoms with E-state index in [0.717, 1.165) is 0 Å². The smallest absolute Gasteiger partial charge is 0.262 e. The van der Waals surface area contributed by atoms with Gasteiger partial charge in [0.1, 0.15) is 5.82 Å². The number of H-pyrrole nitrogens is 1. The van der Waals surface area contributed by atoms with Crippen LogP contribution < -0.4 is 11.1 Å². The molecule has 4 aromatic rings. The molecule has 0 bridgehead atoms. The Kier molecular flexibility index (Phi) is 6.25. The molecule has 8 heteroatoms. The summed E-state index contributed by atoms with van der Waals surface area (Å²) in [4.78, 5) is 37.4. The predicted octanol–water partition coefficient (Wildman–Crippen LogP) is 3.35. The summed E-state index contributed by atoms with van der Waals surface area (Å²) in [5.41, 5.74) is 1.07. The van der Waals surface area contributed by atoms with E-state index in [4.69, 9.17) is 9.72 Å². The van der Waals surface area contributed by atoms with Crippen LogP contribution >= 0.6 is 11.8 Å². The third-order valence-electron chi connectivity index (χ3n) is 4.70. The number of benzene rings is 2. The van der Waals surface area contributed by atoms with E-state index in [-0.39, 0.29) is 11.1 Å². The second-order valence-corrected chi connectivity index (χ2v) is 7.68. The molecule has 0 unspecified atom stereocenters. The number of para-hydroxylation sites is 2. The Morgan fingerprint density at radius 3 is 2.47 bits per heavy atom. The number of aromatic amines is 1. The van der Waals surface area contributed by atoms with Gasteiger partial charge >= 0.3 is 0 Å². The predicted molar refractivity (Wildman–Crippen MR) is 119 cm³/mol. The molecule has 0 atom stereocenters. The van der Waals surface area contributed by atoms with Crippen LogP contribution in [0.5, 0.6) is 0 Å². The number of nitrogens with one attached hydrogen (secondary N) is 1. The van der Waals surface area contributed by atoms with Crippen molar-refractivity contribution in [2.24, 2.45) is 0 Å². The van der Waals surface area contributed by atoms with Crippen LogP contribution in [0.1, 0.15) is 19.2 Å². The van der Waals surface area contributed by atoms with Crippen molar-refractivity contribution in [3.8, 4) is 0 Å². The summed E-state index contributed by atoms with van der Waals surface area (Å²) >= 11 is 1.39. The Hall–Kier alpha value is -2.97. The van der Waals surface area contributed by atoms with E-state index < -0.39 is 0 Å². The molecule has 0 spiro atoms. The quantitative estimate of drug-likeness (QED) is 0.266. The minimum absolute atomic E-state index is 0.0698. The second kappa shape index (κ2) is 9.23. The van der Waals surface area contributed by atoms with Crippen molar-refractivity contribution in [3.05, 3.63) is 75.1 Å². The summed E-state index contributed by atoms with van der Waals surface area (Å²) in [7, 11) is 0. The third kappa shape index (κ3) is 4.29. The van der Waals surface area contributed by atoms with E-state index >= 15 is 0 Å². The van der Waals surface area contributed by atoms with Gasteiger partial charge in [-0.25, -0.2) is 9.97 Å². The monoisotopic (exact) mass is 422 g/mol. The number of hydrogen-bond donors (Lipinski definition) is 1. The van der Waals surface area contributed by atoms with Gasteiger partial charge in [-0.05, 0) is 37.6 Å². The molecule has 0 aliphatic heterocycles. The maximum atomic E-state index is 13.0. The van der Waals surface area contributed by atoms with E-state index in [2.05, 4.69) is 9.97 Å². The van der Waals surface area contributed by atoms with Crippen molar-refractivity contribution in [1.82, 2.24) is 19.5 Å². The van der Waals surface area contributed by atoms with Crippen molar-refractivity contribution in [2.45, 2.75) is 30.8 Å². The summed E-state index contributed by atoms with van der Waals surface area (Å²) in [5, 5.41) is 1.75. The molecule has 2 heterocycles. The summed E-state index contributed by atoms with van der Waals surface area (Å²) in [6.07, 6.45) is 0.715. The molecule has 0 saturated heterocycles. The molecule has 1 N–H and O–H groups in total. The molecule has 0 saturated carbocycles. The number of aromatic nitrogens is 4. The molecule has 0 aliphatic carbocycles. The van der Waals surface area contributed by atoms with Crippen LogP contribution in [0.25, 0.3) is 21.8 Å². The first-order chi connectivity index (χ1) is 14.7. The third-order valence-corrected chi connectivity index (χ3v) is 5.69. The van der Waals surface area contributed by atoms with Crippen LogP contribution in [0.2, 0.25) is 0 Å². The lowest BCUT2D eigenvalue weighted by atomic mass is 10.2. The number of rotatable bonds is 8. The molecule has 0 amide bonds. The molecule has 4 rings (SSSR count). The molecular weight excluding hydrogens is 400 g/mol. The first-order valence-electron chi connectivity index (χ1n) is 9.85. The lowest BCUT2D eigenvalue weighted by Gasteiger charge is -2.13. The Balaban J connectivity index is 1.65. The SMILES string of the molecule is CCOCCCn1c(SCc2nc3ccccc3c(=O)[nH]2)nc2ccccc2c1=O. The number of hydrogen-bond acceptors (Lipinski definition) is 6. The molecule has 30 heavy (non-hydrogen) atoms. The van der Waals surface area contributed by atoms with Crippen molar-refractivity contribution in [2.75, 3.05) is 13.2 Å². The van der Waals surface area contributed by atoms with Gasteiger partial charge in [-0.2, -0.15) is 0 Å². The zero-order valence-corrected chi connectivity index (χ0v) is 17.4. The van der Waals surface area contributed by atoms with Crippen molar-refractivity contribution >= 4 is 33.6 Å². The average molecular weight is 423 g/mol. The largest absolute Gasteiger partial charge is 0.382 e. The summed E-state index contributed by atoms with van der Waals surface area (Å²) in [6, 6.07) is 14.6. The molecular formula is C22H22N4O3S. The van der Waals surface area contributed by atoms with Crippen molar-refractivity contribution in [3.63, 3.8) is 0 Å². The first kappa shape index (κ1) is 20.3. The van der Waals surface area contributed by atoms with Gasteiger partial charge in [0.25, 0.3) is 11.1 Å². The molecule has 2 aromatic heterocycles. The van der Waals surface area contributed by atoms with E-state index in [1.165, 1.54) is 11.8 Å². The molecule has 0 radical (unpaired) electrons. The number of thioether (sulfide) groups is 1. The van der Waals surface area contributed by atoms with Gasteiger partial charge in [0.2, 0.25) is 0 Å². The molecule has 7 nitrogen and oxygen atoms in total. The van der Waals surface area contributed by atoms with E-state index in [9.17, 15) is 9.59 Å². The second-order valence-electron chi connectivity index (χ2n) is 6.74. The molecule has 0 fully saturated rings. The van der Waals surface area contributed by atoms with Crippen molar-refractivity contribution in [1.29, 1.82) is 0 Å². The van der Waals surface area contributed by atoms with Crippen LogP contribution in [0.3, 0.4) is 0 Å². The average Bonchev–Trinajstić information content (AvgIpc) is 2.77. The topological polar surface area (TPSA) is 89.9 Å². The standard InChI is InChI=1S/C22H22N4O3S/c1-2-29-13-7-12-26-21(28)16-9-4-6-11-18(16)24-22(26)30-14-19-23-17-10-5-3-8-15(17)20(27)25-19/h3-6,8-11H,2,7,12-14H2,1H3,(H,23,25,27). The van der Waals surface area contributed by atoms with Crippen LogP contribution in [-0.2, 0) is 17.0 Å². The van der Waals surface area contributed by atoms with Crippen LogP contribution in [-0.4, -0.2) is 32.7 Å². The maximum absolute atomic E-state index is 13.0. The minimum atomic E-state index is -0.170. The fourth-order valence-electron chi connectivity index (χ4n) is 3.26. The van der Waals surface area contributed by atoms with Gasteiger partial charge in [0, 0.05) is 19.8 Å². The van der Waals surface area contributed by atoms with Gasteiger partial charge in [0.05, 0.1) is 27.6 Å². The lowest BCUT2D eigenvalue weighted by molar-refractivity contribution is 0.140. The Morgan fingerprint density at radius 2 is 1.70 bits per heavy atom. The Bertz CT molecular complexity index is 1300. The van der Waals surface area contributed by atoms with Crippen LogP contribution in [0.4, 0.5) is 0 Å². The summed E-state index contributed by atoms with van der Waals surface area (Å²) < 4.78 is 7.10. The Morgan fingerprint density at radius 1 is 1.00 bits per heavy atom. The minimum Gasteiger partial charge on any atom is -0.382 e. The van der Waals surface area contributed by atoms with Crippen LogP contribution in [0, 0.1) is 0 Å². The maximum Gasteiger partial charge on any atom is 0.262 e. The van der Waals surface area contributed by atoms with E-state index in [1.807, 2.05) is 43.3 Å². The van der Waals surface area contributed by atoms with Crippen molar-refractivity contribution < 1.29 is 4.74 Å². The molecule has 2 aromatic carbocycles. The highest BCUT2D eigenvalue weighted by Crippen LogP contribution is 2.21. The first-order valence-corrected chi connectivity index (χ1v) is 10.8. The normalized spacial score (nSPS) is 11.4. The van der Waals surface area contributed by atoms with Crippen LogP contribution in [0.15, 0.2) is 63.3 Å². The fourth-order valence-corrected chi connectivity index (χ4v) is 4.16. The lowest BCUT2D eigenvalue weighted by Crippen LogP contribution is -2.24. The zero-order chi connectivity index (χ0) is 20.9. The van der Waals surface area contributed by atoms with Gasteiger partial charge in [-0.3, -0.25) is 14.2 Å². The summed E-state index contributed by atoms with van der Waals surface area (Å²) in [5.74, 6) is 0.947. The highest BCUT2D eigenvalue weighted by atomic mass is 32.2. The van der Waals surface area contributed by atoms with Gasteiger partial charge < -0.3 is 9.72 Å². The van der Waals surface area contributed by atoms with E-state index in [0.29, 0.717) is 64.7 Å². The number of ether oxygens (including phenoxy) is 1. The molecule has 154 valence electrons. The zero-order valence-electron chi connectivity index (χ0n) is 16.6. The van der Waals surface area contributed by atoms with Gasteiger partial charge in [0.15, 0.2) is 5.16 Å². The van der Waals surface area contributed by atoms with E-state index in [1.54, 1.807) is 16.7 Å². The number of fused-ring (bicyclic) bond motifs is 2. The molecule has 0 aliphatic rings. The van der Waals surface area contributed by atoms with Gasteiger partial charge in [-0.1, -0.05) is 36.0 Å². The highest BCUT2D eigenvalue weighted by molar-refractivity contribution is 7.98. The highest BCUT2D eigenvalue weighted by Gasteiger charge is 2.13. The number of nitrogens with zero attached hydrogens (tertiary/aromatic N) is 3.